The minimum absolute atomic E-state index is 0.119. The lowest BCUT2D eigenvalue weighted by Crippen LogP contribution is -2.36. The van der Waals surface area contributed by atoms with E-state index in [0.29, 0.717) is 0 Å². The minimum Gasteiger partial charge on any atom is -0.330 e. The van der Waals surface area contributed by atoms with E-state index in [4.69, 9.17) is 5.73 Å². The monoisotopic (exact) mass is 177 g/mol. The van der Waals surface area contributed by atoms with Crippen LogP contribution in [0.15, 0.2) is 0 Å². The first-order valence-corrected chi connectivity index (χ1v) is 4.63. The Balaban J connectivity index is 2.54. The smallest absolute Gasteiger partial charge is 0.249 e. The van der Waals surface area contributed by atoms with Crippen LogP contribution in [0.5, 0.6) is 0 Å². The molecule has 0 aliphatic heterocycles. The van der Waals surface area contributed by atoms with Crippen LogP contribution in [0.2, 0.25) is 0 Å². The Morgan fingerprint density at radius 2 is 1.92 bits per heavy atom. The summed E-state index contributed by atoms with van der Waals surface area (Å²) in [6, 6.07) is 0. The summed E-state index contributed by atoms with van der Waals surface area (Å²) in [6.07, 6.45) is 4.06. The van der Waals surface area contributed by atoms with Crippen molar-refractivity contribution in [3.63, 3.8) is 0 Å². The standard InChI is InChI=1S/C9H17F2N/c1-9(10,11)8(6-12)7-4-2-3-5-7/h7-8H,2-6,12H2,1H3. The van der Waals surface area contributed by atoms with E-state index in [0.717, 1.165) is 32.6 Å². The highest BCUT2D eigenvalue weighted by atomic mass is 19.3. The molecule has 1 nitrogen and oxygen atoms in total. The summed E-state index contributed by atoms with van der Waals surface area (Å²) in [5.74, 6) is -3.03. The first-order chi connectivity index (χ1) is 5.55. The Hall–Kier alpha value is -0.180. The summed E-state index contributed by atoms with van der Waals surface area (Å²) in [7, 11) is 0. The lowest BCUT2D eigenvalue weighted by molar-refractivity contribution is -0.0580. The van der Waals surface area contributed by atoms with Crippen LogP contribution in [-0.4, -0.2) is 12.5 Å². The molecular formula is C9H17F2N. The molecular weight excluding hydrogens is 160 g/mol. The van der Waals surface area contributed by atoms with Gasteiger partial charge in [0.05, 0.1) is 0 Å². The molecule has 12 heavy (non-hydrogen) atoms. The summed E-state index contributed by atoms with van der Waals surface area (Å²) in [4.78, 5) is 0. The van der Waals surface area contributed by atoms with Crippen LogP contribution in [0.1, 0.15) is 32.6 Å². The number of halogens is 2. The Morgan fingerprint density at radius 1 is 1.42 bits per heavy atom. The Bertz CT molecular complexity index is 136. The van der Waals surface area contributed by atoms with Crippen LogP contribution >= 0.6 is 0 Å². The number of nitrogens with two attached hydrogens (primary N) is 1. The maximum absolute atomic E-state index is 13.0. The third-order valence-corrected chi connectivity index (χ3v) is 2.87. The fourth-order valence-electron chi connectivity index (χ4n) is 2.17. The zero-order valence-electron chi connectivity index (χ0n) is 7.52. The second-order valence-electron chi connectivity index (χ2n) is 3.84. The maximum atomic E-state index is 13.0. The number of hydrogen-bond acceptors (Lipinski definition) is 1. The summed E-state index contributed by atoms with van der Waals surface area (Å²) >= 11 is 0. The largest absolute Gasteiger partial charge is 0.330 e. The molecule has 0 radical (unpaired) electrons. The molecule has 1 atom stereocenters. The molecule has 0 aromatic carbocycles. The summed E-state index contributed by atoms with van der Waals surface area (Å²) in [5, 5.41) is 0. The second-order valence-corrected chi connectivity index (χ2v) is 3.84. The molecule has 1 saturated carbocycles. The highest BCUT2D eigenvalue weighted by molar-refractivity contribution is 4.83. The molecule has 1 rings (SSSR count). The quantitative estimate of drug-likeness (QED) is 0.703. The zero-order valence-corrected chi connectivity index (χ0v) is 7.52. The molecule has 0 saturated heterocycles. The first kappa shape index (κ1) is 9.90. The van der Waals surface area contributed by atoms with E-state index in [1.165, 1.54) is 0 Å². The van der Waals surface area contributed by atoms with Gasteiger partial charge < -0.3 is 5.73 Å². The van der Waals surface area contributed by atoms with E-state index in [2.05, 4.69) is 0 Å². The molecule has 0 aromatic rings. The van der Waals surface area contributed by atoms with Crippen LogP contribution in [-0.2, 0) is 0 Å². The van der Waals surface area contributed by atoms with E-state index >= 15 is 0 Å². The molecule has 0 heterocycles. The van der Waals surface area contributed by atoms with Crippen molar-refractivity contribution in [1.82, 2.24) is 0 Å². The molecule has 0 amide bonds. The van der Waals surface area contributed by atoms with E-state index in [9.17, 15) is 8.78 Å². The Kier molecular flexibility index (Phi) is 3.04. The predicted molar refractivity (Wildman–Crippen MR) is 45.1 cm³/mol. The highest BCUT2D eigenvalue weighted by Gasteiger charge is 2.39. The second kappa shape index (κ2) is 3.69. The fourth-order valence-corrected chi connectivity index (χ4v) is 2.17. The number of hydrogen-bond donors (Lipinski definition) is 1. The van der Waals surface area contributed by atoms with Crippen molar-refractivity contribution in [2.75, 3.05) is 6.54 Å². The van der Waals surface area contributed by atoms with Crippen LogP contribution in [0.25, 0.3) is 0 Å². The van der Waals surface area contributed by atoms with Crippen molar-refractivity contribution in [1.29, 1.82) is 0 Å². The summed E-state index contributed by atoms with van der Waals surface area (Å²) < 4.78 is 25.9. The molecule has 1 aliphatic carbocycles. The summed E-state index contributed by atoms with van der Waals surface area (Å²) in [6.45, 7) is 1.11. The van der Waals surface area contributed by atoms with Gasteiger partial charge in [0.2, 0.25) is 5.92 Å². The van der Waals surface area contributed by atoms with E-state index in [1.807, 2.05) is 0 Å². The van der Waals surface area contributed by atoms with E-state index in [-0.39, 0.29) is 12.5 Å². The van der Waals surface area contributed by atoms with Gasteiger partial charge in [0.1, 0.15) is 0 Å². The minimum atomic E-state index is -2.59. The van der Waals surface area contributed by atoms with Crippen molar-refractivity contribution in [2.24, 2.45) is 17.6 Å². The van der Waals surface area contributed by atoms with Crippen molar-refractivity contribution >= 4 is 0 Å². The lowest BCUT2D eigenvalue weighted by atomic mass is 9.86. The SMILES string of the molecule is CC(F)(F)C(CN)C1CCCC1. The van der Waals surface area contributed by atoms with Gasteiger partial charge in [-0.3, -0.25) is 0 Å². The first-order valence-electron chi connectivity index (χ1n) is 4.63. The van der Waals surface area contributed by atoms with E-state index in [1.54, 1.807) is 0 Å². The van der Waals surface area contributed by atoms with Gasteiger partial charge in [-0.1, -0.05) is 12.8 Å². The zero-order chi connectivity index (χ0) is 9.19. The molecule has 72 valence electrons. The molecule has 1 aliphatic rings. The van der Waals surface area contributed by atoms with Gasteiger partial charge in [-0.15, -0.1) is 0 Å². The van der Waals surface area contributed by atoms with Gasteiger partial charge in [-0.05, 0) is 25.7 Å². The molecule has 3 heteroatoms. The van der Waals surface area contributed by atoms with Gasteiger partial charge >= 0.3 is 0 Å². The maximum Gasteiger partial charge on any atom is 0.249 e. The van der Waals surface area contributed by atoms with Crippen LogP contribution in [0.3, 0.4) is 0 Å². The molecule has 0 spiro atoms. The normalized spacial score (nSPS) is 23.0. The topological polar surface area (TPSA) is 26.0 Å². The lowest BCUT2D eigenvalue weighted by Gasteiger charge is -2.27. The van der Waals surface area contributed by atoms with Crippen LogP contribution in [0.4, 0.5) is 8.78 Å². The molecule has 0 aromatic heterocycles. The van der Waals surface area contributed by atoms with Gasteiger partial charge in [-0.2, -0.15) is 0 Å². The van der Waals surface area contributed by atoms with Crippen molar-refractivity contribution in [3.05, 3.63) is 0 Å². The third-order valence-electron chi connectivity index (χ3n) is 2.87. The van der Waals surface area contributed by atoms with Crippen LogP contribution < -0.4 is 5.73 Å². The Labute approximate surface area is 72.3 Å². The number of alkyl halides is 2. The van der Waals surface area contributed by atoms with Crippen molar-refractivity contribution in [3.8, 4) is 0 Å². The molecule has 2 N–H and O–H groups in total. The average molecular weight is 177 g/mol. The van der Waals surface area contributed by atoms with Crippen LogP contribution in [0, 0.1) is 11.8 Å². The third kappa shape index (κ3) is 2.16. The van der Waals surface area contributed by atoms with Crippen molar-refractivity contribution < 1.29 is 8.78 Å². The van der Waals surface area contributed by atoms with Gasteiger partial charge in [-0.25, -0.2) is 8.78 Å². The highest BCUT2D eigenvalue weighted by Crippen LogP contribution is 2.38. The molecule has 0 bridgehead atoms. The number of rotatable bonds is 3. The van der Waals surface area contributed by atoms with Crippen molar-refractivity contribution in [2.45, 2.75) is 38.5 Å². The van der Waals surface area contributed by atoms with Gasteiger partial charge in [0.25, 0.3) is 0 Å². The summed E-state index contributed by atoms with van der Waals surface area (Å²) in [5.41, 5.74) is 5.36. The predicted octanol–water partition coefficient (Wildman–Crippen LogP) is 2.41. The van der Waals surface area contributed by atoms with Gasteiger partial charge in [0, 0.05) is 12.5 Å². The Morgan fingerprint density at radius 3 is 2.25 bits per heavy atom. The fraction of sp³-hybridized carbons (Fsp3) is 1.00. The molecule has 1 unspecified atom stereocenters. The van der Waals surface area contributed by atoms with Gasteiger partial charge in [0.15, 0.2) is 0 Å². The van der Waals surface area contributed by atoms with E-state index < -0.39 is 11.8 Å². The molecule has 1 fully saturated rings. The average Bonchev–Trinajstić information content (AvgIpc) is 2.38.